The monoisotopic (exact) mass is 235 g/mol. The van der Waals surface area contributed by atoms with E-state index in [4.69, 9.17) is 5.84 Å². The summed E-state index contributed by atoms with van der Waals surface area (Å²) < 4.78 is 0. The van der Waals surface area contributed by atoms with Crippen molar-refractivity contribution in [1.82, 2.24) is 10.4 Å². The molecule has 0 fully saturated rings. The molecule has 0 saturated heterocycles. The number of H-pyrrole nitrogens is 1. The third-order valence-electron chi connectivity index (χ3n) is 2.32. The molecule has 0 saturated carbocycles. The number of benzene rings is 1. The molecule has 5 heteroatoms. The number of nitrogens with one attached hydrogen (secondary N) is 2. The first-order chi connectivity index (χ1) is 7.70. The highest BCUT2D eigenvalue weighted by molar-refractivity contribution is 8.00. The predicted molar refractivity (Wildman–Crippen MR) is 65.9 cm³/mol. The molecule has 0 aliphatic carbocycles. The maximum Gasteiger partial charge on any atom is 0.247 e. The molecule has 0 aliphatic rings. The molecule has 4 nitrogen and oxygen atoms in total. The van der Waals surface area contributed by atoms with Gasteiger partial charge >= 0.3 is 0 Å². The van der Waals surface area contributed by atoms with Gasteiger partial charge in [0, 0.05) is 10.9 Å². The van der Waals surface area contributed by atoms with Crippen LogP contribution in [0.25, 0.3) is 10.9 Å². The molecule has 1 amide bonds. The molecule has 1 atom stereocenters. The number of carbonyl (C=O) groups is 1. The quantitative estimate of drug-likeness (QED) is 0.328. The van der Waals surface area contributed by atoms with Crippen molar-refractivity contribution in [1.29, 1.82) is 0 Å². The van der Waals surface area contributed by atoms with E-state index in [1.807, 2.05) is 37.3 Å². The summed E-state index contributed by atoms with van der Waals surface area (Å²) in [4.78, 5) is 14.5. The van der Waals surface area contributed by atoms with Gasteiger partial charge in [0.15, 0.2) is 0 Å². The summed E-state index contributed by atoms with van der Waals surface area (Å²) in [5, 5.41) is 1.90. The molecular formula is C11H13N3OS. The van der Waals surface area contributed by atoms with Gasteiger partial charge in [-0.2, -0.15) is 0 Å². The Morgan fingerprint density at radius 2 is 2.25 bits per heavy atom. The van der Waals surface area contributed by atoms with Crippen LogP contribution < -0.4 is 11.3 Å². The third-order valence-corrected chi connectivity index (χ3v) is 3.36. The summed E-state index contributed by atoms with van der Waals surface area (Å²) in [6.07, 6.45) is 0. The zero-order valence-corrected chi connectivity index (χ0v) is 9.67. The Morgan fingerprint density at radius 1 is 1.50 bits per heavy atom. The van der Waals surface area contributed by atoms with E-state index in [1.165, 1.54) is 11.8 Å². The fourth-order valence-corrected chi connectivity index (χ4v) is 2.39. The van der Waals surface area contributed by atoms with Gasteiger partial charge in [0.2, 0.25) is 5.91 Å². The molecule has 2 rings (SSSR count). The first-order valence-electron chi connectivity index (χ1n) is 4.95. The van der Waals surface area contributed by atoms with Gasteiger partial charge in [0.05, 0.1) is 10.3 Å². The van der Waals surface area contributed by atoms with Crippen LogP contribution in [-0.2, 0) is 4.79 Å². The average molecular weight is 235 g/mol. The Balaban J connectivity index is 2.18. The van der Waals surface area contributed by atoms with Gasteiger partial charge in [0.1, 0.15) is 0 Å². The van der Waals surface area contributed by atoms with Crippen LogP contribution in [0.5, 0.6) is 0 Å². The number of hydrogen-bond donors (Lipinski definition) is 3. The fourth-order valence-electron chi connectivity index (χ4n) is 1.47. The predicted octanol–water partition coefficient (Wildman–Crippen LogP) is 1.64. The Labute approximate surface area is 97.6 Å². The Hall–Kier alpha value is -1.46. The first-order valence-corrected chi connectivity index (χ1v) is 5.83. The lowest BCUT2D eigenvalue weighted by Gasteiger charge is -2.06. The average Bonchev–Trinajstić information content (AvgIpc) is 2.69. The second kappa shape index (κ2) is 4.59. The Bertz CT molecular complexity index is 476. The van der Waals surface area contributed by atoms with Crippen molar-refractivity contribution in [3.63, 3.8) is 0 Å². The van der Waals surface area contributed by atoms with Crippen molar-refractivity contribution in [2.45, 2.75) is 17.2 Å². The number of fused-ring (bicyclic) bond motifs is 1. The molecule has 2 aromatic rings. The SMILES string of the molecule is CC(Sc1cc2ccccc2[nH]1)C(=O)NN. The lowest BCUT2D eigenvalue weighted by molar-refractivity contribution is -0.120. The lowest BCUT2D eigenvalue weighted by atomic mass is 10.3. The summed E-state index contributed by atoms with van der Waals surface area (Å²) >= 11 is 1.45. The lowest BCUT2D eigenvalue weighted by Crippen LogP contribution is -2.36. The molecule has 0 aliphatic heterocycles. The van der Waals surface area contributed by atoms with Crippen molar-refractivity contribution in [2.75, 3.05) is 0 Å². The van der Waals surface area contributed by atoms with Crippen molar-refractivity contribution >= 4 is 28.6 Å². The minimum absolute atomic E-state index is 0.177. The van der Waals surface area contributed by atoms with E-state index >= 15 is 0 Å². The molecular weight excluding hydrogens is 222 g/mol. The topological polar surface area (TPSA) is 70.9 Å². The van der Waals surface area contributed by atoms with Gasteiger partial charge in [-0.15, -0.1) is 0 Å². The largest absolute Gasteiger partial charge is 0.350 e. The van der Waals surface area contributed by atoms with Crippen LogP contribution in [0.4, 0.5) is 0 Å². The highest BCUT2D eigenvalue weighted by Gasteiger charge is 2.13. The van der Waals surface area contributed by atoms with Crippen molar-refractivity contribution in [3.8, 4) is 0 Å². The van der Waals surface area contributed by atoms with Crippen LogP contribution in [0.3, 0.4) is 0 Å². The maximum atomic E-state index is 11.3. The summed E-state index contributed by atoms with van der Waals surface area (Å²) in [6.45, 7) is 1.82. The Kier molecular flexibility index (Phi) is 3.17. The van der Waals surface area contributed by atoms with Crippen LogP contribution >= 0.6 is 11.8 Å². The number of thioether (sulfide) groups is 1. The first kappa shape index (κ1) is 11.0. The van der Waals surface area contributed by atoms with E-state index in [2.05, 4.69) is 10.4 Å². The van der Waals surface area contributed by atoms with E-state index in [1.54, 1.807) is 0 Å². The molecule has 1 aromatic carbocycles. The van der Waals surface area contributed by atoms with Gasteiger partial charge in [-0.3, -0.25) is 10.2 Å². The van der Waals surface area contributed by atoms with Gasteiger partial charge in [0.25, 0.3) is 0 Å². The number of aromatic nitrogens is 1. The highest BCUT2D eigenvalue weighted by Crippen LogP contribution is 2.26. The molecule has 16 heavy (non-hydrogen) atoms. The van der Waals surface area contributed by atoms with E-state index in [0.29, 0.717) is 0 Å². The van der Waals surface area contributed by atoms with Crippen LogP contribution in [0, 0.1) is 0 Å². The van der Waals surface area contributed by atoms with Crippen LogP contribution in [0.15, 0.2) is 35.4 Å². The maximum absolute atomic E-state index is 11.3. The van der Waals surface area contributed by atoms with Gasteiger partial charge in [-0.25, -0.2) is 5.84 Å². The third kappa shape index (κ3) is 2.20. The smallest absolute Gasteiger partial charge is 0.247 e. The minimum Gasteiger partial charge on any atom is -0.350 e. The number of para-hydroxylation sites is 1. The van der Waals surface area contributed by atoms with E-state index < -0.39 is 0 Å². The van der Waals surface area contributed by atoms with Crippen LogP contribution in [-0.4, -0.2) is 16.1 Å². The number of hydrogen-bond acceptors (Lipinski definition) is 3. The number of aromatic amines is 1. The van der Waals surface area contributed by atoms with Crippen molar-refractivity contribution < 1.29 is 4.79 Å². The van der Waals surface area contributed by atoms with Crippen molar-refractivity contribution in [2.24, 2.45) is 5.84 Å². The fraction of sp³-hybridized carbons (Fsp3) is 0.182. The molecule has 1 unspecified atom stereocenters. The molecule has 4 N–H and O–H groups in total. The zero-order valence-electron chi connectivity index (χ0n) is 8.86. The molecule has 0 spiro atoms. The summed E-state index contributed by atoms with van der Waals surface area (Å²) in [6, 6.07) is 10.0. The molecule has 0 radical (unpaired) electrons. The zero-order chi connectivity index (χ0) is 11.5. The number of amides is 1. The minimum atomic E-state index is -0.210. The standard InChI is InChI=1S/C11H13N3OS/c1-7(11(15)14-12)16-10-6-8-4-2-3-5-9(8)13-10/h2-7,13H,12H2,1H3,(H,14,15). The second-order valence-electron chi connectivity index (χ2n) is 3.49. The van der Waals surface area contributed by atoms with Gasteiger partial charge < -0.3 is 4.98 Å². The van der Waals surface area contributed by atoms with E-state index in [9.17, 15) is 4.79 Å². The molecule has 1 aromatic heterocycles. The molecule has 0 bridgehead atoms. The summed E-state index contributed by atoms with van der Waals surface area (Å²) in [7, 11) is 0. The second-order valence-corrected chi connectivity index (χ2v) is 4.87. The van der Waals surface area contributed by atoms with Crippen molar-refractivity contribution in [3.05, 3.63) is 30.3 Å². The number of nitrogens with two attached hydrogens (primary N) is 1. The van der Waals surface area contributed by atoms with Crippen LogP contribution in [0.2, 0.25) is 0 Å². The normalized spacial score (nSPS) is 12.6. The molecule has 1 heterocycles. The number of carbonyl (C=O) groups excluding carboxylic acids is 1. The number of rotatable bonds is 3. The highest BCUT2D eigenvalue weighted by atomic mass is 32.2. The van der Waals surface area contributed by atoms with E-state index in [-0.39, 0.29) is 11.2 Å². The molecule has 84 valence electrons. The number of hydrazine groups is 1. The van der Waals surface area contributed by atoms with Crippen LogP contribution in [0.1, 0.15) is 6.92 Å². The van der Waals surface area contributed by atoms with Gasteiger partial charge in [-0.05, 0) is 19.1 Å². The summed E-state index contributed by atoms with van der Waals surface area (Å²) in [5.74, 6) is 4.90. The van der Waals surface area contributed by atoms with E-state index in [0.717, 1.165) is 15.9 Å². The summed E-state index contributed by atoms with van der Waals surface area (Å²) in [5.41, 5.74) is 3.22. The van der Waals surface area contributed by atoms with Gasteiger partial charge in [-0.1, -0.05) is 30.0 Å². The Morgan fingerprint density at radius 3 is 2.94 bits per heavy atom.